The molecule has 0 radical (unpaired) electrons. The number of hydrogen-bond acceptors (Lipinski definition) is 6. The van der Waals surface area contributed by atoms with Gasteiger partial charge in [-0.2, -0.15) is 0 Å². The van der Waals surface area contributed by atoms with Crippen LogP contribution >= 0.6 is 35.6 Å². The third-order valence-corrected chi connectivity index (χ3v) is 6.95. The van der Waals surface area contributed by atoms with Crippen molar-refractivity contribution >= 4 is 51.9 Å². The maximum Gasteiger partial charge on any atom is 0.265 e. The lowest BCUT2D eigenvalue weighted by Crippen LogP contribution is -2.22. The topological polar surface area (TPSA) is 48.0 Å². The van der Waals surface area contributed by atoms with Crippen molar-refractivity contribution in [3.63, 3.8) is 0 Å². The Labute approximate surface area is 203 Å². The summed E-state index contributed by atoms with van der Waals surface area (Å²) in [6.45, 7) is 5.02. The maximum atomic E-state index is 12.2. The fourth-order valence-corrected chi connectivity index (χ4v) is 4.65. The summed E-state index contributed by atoms with van der Waals surface area (Å²) in [5, 5.41) is 0.391. The summed E-state index contributed by atoms with van der Waals surface area (Å²) in [4.78, 5) is 14.2. The van der Waals surface area contributed by atoms with Crippen LogP contribution in [0.1, 0.15) is 37.3 Å². The minimum atomic E-state index is -0.134. The highest BCUT2D eigenvalue weighted by molar-refractivity contribution is 8.26. The highest BCUT2D eigenvalue weighted by Gasteiger charge is 2.28. The van der Waals surface area contributed by atoms with Gasteiger partial charge in [0, 0.05) is 7.05 Å². The zero-order chi connectivity index (χ0) is 23.3. The van der Waals surface area contributed by atoms with Gasteiger partial charge in [-0.15, -0.1) is 0 Å². The zero-order valence-electron chi connectivity index (χ0n) is 18.5. The molecule has 1 heterocycles. The molecular weight excluding hydrogens is 466 g/mol. The molecule has 0 aromatic heterocycles. The number of halogens is 1. The Balaban J connectivity index is 1.68. The second kappa shape index (κ2) is 11.1. The number of thioether (sulfide) groups is 1. The van der Waals surface area contributed by atoms with Crippen molar-refractivity contribution in [2.24, 2.45) is 0 Å². The fraction of sp³-hybridized carbons (Fsp3) is 0.333. The summed E-state index contributed by atoms with van der Waals surface area (Å²) < 4.78 is 17.8. The Morgan fingerprint density at radius 3 is 2.56 bits per heavy atom. The average Bonchev–Trinajstić information content (AvgIpc) is 3.03. The van der Waals surface area contributed by atoms with Crippen LogP contribution in [0.4, 0.5) is 0 Å². The van der Waals surface area contributed by atoms with Crippen molar-refractivity contribution in [1.29, 1.82) is 0 Å². The van der Waals surface area contributed by atoms with E-state index in [0.717, 1.165) is 17.7 Å². The van der Waals surface area contributed by atoms with Crippen molar-refractivity contribution < 1.29 is 19.0 Å². The van der Waals surface area contributed by atoms with E-state index in [0.29, 0.717) is 44.9 Å². The number of likely N-dealkylation sites (N-methyl/N-ethyl adjacent to an activating group) is 1. The van der Waals surface area contributed by atoms with Crippen LogP contribution in [0.3, 0.4) is 0 Å². The molecule has 1 aliphatic rings. The second-order valence-electron chi connectivity index (χ2n) is 7.32. The molecule has 2 aromatic carbocycles. The number of methoxy groups -OCH3 is 1. The molecule has 3 rings (SSSR count). The molecular formula is C24H26ClNO4S2. The maximum absolute atomic E-state index is 12.2. The molecule has 5 nitrogen and oxygen atoms in total. The number of para-hydroxylation sites is 1. The molecule has 1 amide bonds. The molecule has 0 N–H and O–H groups in total. The Hall–Kier alpha value is -2.22. The minimum absolute atomic E-state index is 0.134. The fourth-order valence-electron chi connectivity index (χ4n) is 3.19. The molecule has 1 unspecified atom stereocenters. The highest BCUT2D eigenvalue weighted by Crippen LogP contribution is 2.39. The number of nitrogens with zero attached hydrogens (tertiary/aromatic N) is 1. The van der Waals surface area contributed by atoms with Gasteiger partial charge in [-0.25, -0.2) is 0 Å². The van der Waals surface area contributed by atoms with Gasteiger partial charge in [0.25, 0.3) is 5.91 Å². The summed E-state index contributed by atoms with van der Waals surface area (Å²) in [7, 11) is 3.21. The lowest BCUT2D eigenvalue weighted by Gasteiger charge is -2.17. The van der Waals surface area contributed by atoms with E-state index in [1.807, 2.05) is 18.2 Å². The minimum Gasteiger partial charge on any atom is -0.493 e. The van der Waals surface area contributed by atoms with Crippen LogP contribution < -0.4 is 14.2 Å². The van der Waals surface area contributed by atoms with Gasteiger partial charge in [0.2, 0.25) is 0 Å². The van der Waals surface area contributed by atoms with Gasteiger partial charge in [0.15, 0.2) is 11.5 Å². The smallest absolute Gasteiger partial charge is 0.265 e. The number of hydrogen-bond donors (Lipinski definition) is 0. The van der Waals surface area contributed by atoms with Gasteiger partial charge in [-0.3, -0.25) is 9.69 Å². The van der Waals surface area contributed by atoms with Gasteiger partial charge < -0.3 is 14.2 Å². The summed E-state index contributed by atoms with van der Waals surface area (Å²) in [6.07, 6.45) is 2.79. The zero-order valence-corrected chi connectivity index (χ0v) is 20.9. The number of carbonyl (C=O) groups excluding carboxylic acids is 1. The average molecular weight is 492 g/mol. The van der Waals surface area contributed by atoms with E-state index in [1.165, 1.54) is 22.2 Å². The van der Waals surface area contributed by atoms with Crippen LogP contribution in [-0.4, -0.2) is 42.5 Å². The van der Waals surface area contributed by atoms with Gasteiger partial charge in [0.1, 0.15) is 23.3 Å². The van der Waals surface area contributed by atoms with E-state index in [4.69, 9.17) is 38.0 Å². The van der Waals surface area contributed by atoms with E-state index < -0.39 is 0 Å². The van der Waals surface area contributed by atoms with Crippen molar-refractivity contribution in [2.45, 2.75) is 26.2 Å². The van der Waals surface area contributed by atoms with E-state index in [9.17, 15) is 4.79 Å². The summed E-state index contributed by atoms with van der Waals surface area (Å²) in [5.41, 5.74) is 1.92. The molecule has 0 saturated carbocycles. The lowest BCUT2D eigenvalue weighted by molar-refractivity contribution is -0.121. The molecule has 8 heteroatoms. The van der Waals surface area contributed by atoms with Gasteiger partial charge in [-0.05, 0) is 47.7 Å². The SMILES string of the molecule is CCC(C)c1ccccc1OCCOc1c(Cl)cc(C=C2SC(=S)N(C)C2=O)cc1OC. The standard InChI is InChI=1S/C24H26ClNO4S2/c1-5-15(2)17-8-6-7-9-19(17)29-10-11-30-22-18(25)12-16(13-20(22)28-4)14-21-23(27)26(3)24(31)32-21/h6-9,12-15H,5,10-11H2,1-4H3. The predicted molar refractivity (Wildman–Crippen MR) is 135 cm³/mol. The molecule has 0 aliphatic carbocycles. The van der Waals surface area contributed by atoms with Crippen molar-refractivity contribution in [3.8, 4) is 17.2 Å². The molecule has 32 heavy (non-hydrogen) atoms. The van der Waals surface area contributed by atoms with Crippen LogP contribution in [-0.2, 0) is 4.79 Å². The predicted octanol–water partition coefficient (Wildman–Crippen LogP) is 6.15. The normalized spacial score (nSPS) is 15.9. The van der Waals surface area contributed by atoms with Crippen molar-refractivity contribution in [1.82, 2.24) is 4.90 Å². The molecule has 1 fully saturated rings. The van der Waals surface area contributed by atoms with Gasteiger partial charge in [-0.1, -0.05) is 67.6 Å². The first-order valence-corrected chi connectivity index (χ1v) is 11.9. The molecule has 0 spiro atoms. The number of amides is 1. The van der Waals surface area contributed by atoms with E-state index in [2.05, 4.69) is 19.9 Å². The Kier molecular flexibility index (Phi) is 8.45. The number of thiocarbonyl (C=S) groups is 1. The Morgan fingerprint density at radius 1 is 1.19 bits per heavy atom. The molecule has 170 valence electrons. The van der Waals surface area contributed by atoms with Crippen LogP contribution in [0.2, 0.25) is 5.02 Å². The van der Waals surface area contributed by atoms with Crippen molar-refractivity contribution in [2.75, 3.05) is 27.4 Å². The number of benzene rings is 2. The second-order valence-corrected chi connectivity index (χ2v) is 9.40. The first-order valence-electron chi connectivity index (χ1n) is 10.3. The van der Waals surface area contributed by atoms with Crippen LogP contribution in [0.15, 0.2) is 41.3 Å². The van der Waals surface area contributed by atoms with Crippen LogP contribution in [0, 0.1) is 0 Å². The van der Waals surface area contributed by atoms with Crippen LogP contribution in [0.25, 0.3) is 6.08 Å². The van der Waals surface area contributed by atoms with Crippen LogP contribution in [0.5, 0.6) is 17.2 Å². The first kappa shape index (κ1) is 24.4. The van der Waals surface area contributed by atoms with Gasteiger partial charge >= 0.3 is 0 Å². The van der Waals surface area contributed by atoms with Gasteiger partial charge in [0.05, 0.1) is 17.0 Å². The van der Waals surface area contributed by atoms with E-state index in [1.54, 1.807) is 32.4 Å². The van der Waals surface area contributed by atoms with E-state index in [-0.39, 0.29) is 5.91 Å². The highest BCUT2D eigenvalue weighted by atomic mass is 35.5. The third-order valence-electron chi connectivity index (χ3n) is 5.19. The number of rotatable bonds is 9. The summed E-state index contributed by atoms with van der Waals surface area (Å²) >= 11 is 12.9. The molecule has 2 aromatic rings. The lowest BCUT2D eigenvalue weighted by atomic mass is 9.98. The summed E-state index contributed by atoms with van der Waals surface area (Å²) in [6, 6.07) is 11.6. The molecule has 1 atom stereocenters. The Bertz CT molecular complexity index is 1040. The largest absolute Gasteiger partial charge is 0.493 e. The quantitative estimate of drug-likeness (QED) is 0.238. The Morgan fingerprint density at radius 2 is 1.91 bits per heavy atom. The molecule has 1 saturated heterocycles. The third kappa shape index (κ3) is 5.57. The van der Waals surface area contributed by atoms with E-state index >= 15 is 0 Å². The number of ether oxygens (including phenoxy) is 3. The summed E-state index contributed by atoms with van der Waals surface area (Å²) in [5.74, 6) is 2.07. The first-order chi connectivity index (χ1) is 15.3. The molecule has 0 bridgehead atoms. The number of carbonyl (C=O) groups is 1. The van der Waals surface area contributed by atoms with Crippen molar-refractivity contribution in [3.05, 3.63) is 57.5 Å². The monoisotopic (exact) mass is 491 g/mol. The molecule has 1 aliphatic heterocycles.